The molecule has 0 aliphatic heterocycles. The minimum atomic E-state index is -0.491. The van der Waals surface area contributed by atoms with Crippen molar-refractivity contribution in [1.29, 1.82) is 0 Å². The van der Waals surface area contributed by atoms with E-state index in [-0.39, 0.29) is 5.82 Å². The van der Waals surface area contributed by atoms with E-state index in [1.165, 1.54) is 23.9 Å². The summed E-state index contributed by atoms with van der Waals surface area (Å²) >= 11 is 1.40. The Morgan fingerprint density at radius 1 is 1.11 bits per heavy atom. The van der Waals surface area contributed by atoms with Crippen LogP contribution in [0.15, 0.2) is 33.8 Å². The standard InChI is InChI=1S/C20H20FN3O2S/c1-10-11(2)17(19(22)25)20(23-13(10)4)27-9-16-12(3)18(26-24-16)14-5-7-15(21)8-6-14/h5-8H,9H2,1-4H3,(H2,22,25). The summed E-state index contributed by atoms with van der Waals surface area (Å²) < 4.78 is 18.6. The first-order valence-corrected chi connectivity index (χ1v) is 9.39. The number of rotatable bonds is 5. The summed E-state index contributed by atoms with van der Waals surface area (Å²) in [6, 6.07) is 6.07. The summed E-state index contributed by atoms with van der Waals surface area (Å²) in [6.07, 6.45) is 0. The van der Waals surface area contributed by atoms with Gasteiger partial charge in [0.15, 0.2) is 5.76 Å². The number of aryl methyl sites for hydroxylation is 1. The highest BCUT2D eigenvalue weighted by Gasteiger charge is 2.19. The van der Waals surface area contributed by atoms with Crippen molar-refractivity contribution >= 4 is 17.7 Å². The molecule has 27 heavy (non-hydrogen) atoms. The topological polar surface area (TPSA) is 82.0 Å². The Morgan fingerprint density at radius 3 is 2.41 bits per heavy atom. The van der Waals surface area contributed by atoms with Crippen molar-refractivity contribution in [3.8, 4) is 11.3 Å². The summed E-state index contributed by atoms with van der Waals surface area (Å²) in [5, 5.41) is 4.72. The highest BCUT2D eigenvalue weighted by Crippen LogP contribution is 2.32. The molecule has 5 nitrogen and oxygen atoms in total. The molecule has 2 heterocycles. The van der Waals surface area contributed by atoms with Crippen molar-refractivity contribution in [2.45, 2.75) is 38.5 Å². The van der Waals surface area contributed by atoms with Gasteiger partial charge in [0.1, 0.15) is 10.8 Å². The Bertz CT molecular complexity index is 1010. The molecule has 0 aliphatic rings. The third-order valence-electron chi connectivity index (χ3n) is 4.68. The number of halogens is 1. The van der Waals surface area contributed by atoms with Crippen LogP contribution in [0.5, 0.6) is 0 Å². The molecule has 1 aromatic carbocycles. The van der Waals surface area contributed by atoms with Gasteiger partial charge in [-0.1, -0.05) is 16.9 Å². The summed E-state index contributed by atoms with van der Waals surface area (Å²) in [5.74, 6) is 0.285. The maximum absolute atomic E-state index is 13.1. The molecule has 0 aliphatic carbocycles. The van der Waals surface area contributed by atoms with Gasteiger partial charge >= 0.3 is 0 Å². The molecule has 1 amide bonds. The molecule has 0 radical (unpaired) electrons. The highest BCUT2D eigenvalue weighted by molar-refractivity contribution is 7.98. The maximum atomic E-state index is 13.1. The predicted octanol–water partition coefficient (Wildman–Crippen LogP) is 4.50. The van der Waals surface area contributed by atoms with E-state index in [4.69, 9.17) is 10.3 Å². The zero-order valence-corrected chi connectivity index (χ0v) is 16.4. The van der Waals surface area contributed by atoms with E-state index in [0.717, 1.165) is 33.6 Å². The molecule has 140 valence electrons. The first kappa shape index (κ1) is 19.1. The average molecular weight is 385 g/mol. The molecule has 0 saturated heterocycles. The molecular weight excluding hydrogens is 365 g/mol. The van der Waals surface area contributed by atoms with E-state index in [0.29, 0.717) is 22.1 Å². The first-order chi connectivity index (χ1) is 12.8. The Labute approximate surface area is 161 Å². The van der Waals surface area contributed by atoms with Crippen LogP contribution in [0.4, 0.5) is 4.39 Å². The van der Waals surface area contributed by atoms with Gasteiger partial charge in [0.25, 0.3) is 5.91 Å². The van der Waals surface area contributed by atoms with Crippen molar-refractivity contribution in [3.63, 3.8) is 0 Å². The van der Waals surface area contributed by atoms with E-state index in [2.05, 4.69) is 10.1 Å². The van der Waals surface area contributed by atoms with Gasteiger partial charge in [0, 0.05) is 22.6 Å². The van der Waals surface area contributed by atoms with Crippen molar-refractivity contribution in [2.24, 2.45) is 5.73 Å². The lowest BCUT2D eigenvalue weighted by molar-refractivity contribution is 0.0996. The van der Waals surface area contributed by atoms with E-state index in [1.807, 2.05) is 27.7 Å². The number of hydrogen-bond donors (Lipinski definition) is 1. The van der Waals surface area contributed by atoms with Crippen molar-refractivity contribution < 1.29 is 13.7 Å². The molecule has 0 spiro atoms. The van der Waals surface area contributed by atoms with Crippen LogP contribution in [0.1, 0.15) is 38.4 Å². The number of pyridine rings is 1. The van der Waals surface area contributed by atoms with Gasteiger partial charge in [-0.15, -0.1) is 0 Å². The number of amides is 1. The normalized spacial score (nSPS) is 11.0. The van der Waals surface area contributed by atoms with E-state index < -0.39 is 5.91 Å². The molecule has 0 unspecified atom stereocenters. The van der Waals surface area contributed by atoms with Gasteiger partial charge in [-0.2, -0.15) is 0 Å². The van der Waals surface area contributed by atoms with Crippen LogP contribution in [0.2, 0.25) is 0 Å². The molecule has 0 atom stereocenters. The van der Waals surface area contributed by atoms with Gasteiger partial charge in [0.05, 0.1) is 11.3 Å². The Balaban J connectivity index is 1.88. The van der Waals surface area contributed by atoms with E-state index in [1.54, 1.807) is 12.1 Å². The number of carbonyl (C=O) groups excluding carboxylic acids is 1. The lowest BCUT2D eigenvalue weighted by atomic mass is 10.0. The molecule has 0 saturated carbocycles. The zero-order valence-electron chi connectivity index (χ0n) is 15.6. The van der Waals surface area contributed by atoms with Gasteiger partial charge in [0.2, 0.25) is 0 Å². The van der Waals surface area contributed by atoms with Crippen LogP contribution in [-0.2, 0) is 5.75 Å². The third-order valence-corrected chi connectivity index (χ3v) is 5.67. The summed E-state index contributed by atoms with van der Waals surface area (Å²) in [4.78, 5) is 16.4. The molecule has 7 heteroatoms. The van der Waals surface area contributed by atoms with Crippen molar-refractivity contribution in [2.75, 3.05) is 0 Å². The highest BCUT2D eigenvalue weighted by atomic mass is 32.2. The summed E-state index contributed by atoms with van der Waals surface area (Å²) in [6.45, 7) is 7.61. The van der Waals surface area contributed by atoms with E-state index in [9.17, 15) is 9.18 Å². The lowest BCUT2D eigenvalue weighted by Crippen LogP contribution is -2.16. The number of carbonyl (C=O) groups is 1. The van der Waals surface area contributed by atoms with Crippen molar-refractivity contribution in [3.05, 3.63) is 63.7 Å². The van der Waals surface area contributed by atoms with Gasteiger partial charge in [-0.25, -0.2) is 9.37 Å². The fourth-order valence-corrected chi connectivity index (χ4v) is 3.96. The number of hydrogen-bond acceptors (Lipinski definition) is 5. The second-order valence-corrected chi connectivity index (χ2v) is 7.33. The molecule has 3 aromatic rings. The SMILES string of the molecule is Cc1nc(SCc2noc(-c3ccc(F)cc3)c2C)c(C(N)=O)c(C)c1C. The van der Waals surface area contributed by atoms with E-state index >= 15 is 0 Å². The first-order valence-electron chi connectivity index (χ1n) is 8.41. The second-order valence-electron chi connectivity index (χ2n) is 6.37. The summed E-state index contributed by atoms with van der Waals surface area (Å²) in [7, 11) is 0. The monoisotopic (exact) mass is 385 g/mol. The number of aromatic nitrogens is 2. The molecular formula is C20H20FN3O2S. The fourth-order valence-electron chi connectivity index (χ4n) is 2.82. The Morgan fingerprint density at radius 2 is 1.78 bits per heavy atom. The van der Waals surface area contributed by atoms with Crippen LogP contribution in [0.3, 0.4) is 0 Å². The second kappa shape index (κ2) is 7.52. The van der Waals surface area contributed by atoms with Crippen LogP contribution in [0, 0.1) is 33.5 Å². The van der Waals surface area contributed by atoms with Crippen molar-refractivity contribution in [1.82, 2.24) is 10.1 Å². The van der Waals surface area contributed by atoms with Crippen LogP contribution >= 0.6 is 11.8 Å². The minimum Gasteiger partial charge on any atom is -0.366 e. The van der Waals surface area contributed by atoms with Crippen LogP contribution < -0.4 is 5.73 Å². The average Bonchev–Trinajstić information content (AvgIpc) is 2.99. The number of nitrogens with two attached hydrogens (primary N) is 1. The summed E-state index contributed by atoms with van der Waals surface area (Å²) in [5.41, 5.74) is 11.1. The van der Waals surface area contributed by atoms with Crippen LogP contribution in [0.25, 0.3) is 11.3 Å². The third kappa shape index (κ3) is 3.73. The molecule has 2 aromatic heterocycles. The number of primary amides is 1. The number of benzene rings is 1. The van der Waals surface area contributed by atoms with Gasteiger partial charge in [-0.3, -0.25) is 4.79 Å². The quantitative estimate of drug-likeness (QED) is 0.654. The largest absolute Gasteiger partial charge is 0.366 e. The lowest BCUT2D eigenvalue weighted by Gasteiger charge is -2.13. The fraction of sp³-hybridized carbons (Fsp3) is 0.250. The maximum Gasteiger partial charge on any atom is 0.251 e. The predicted molar refractivity (Wildman–Crippen MR) is 103 cm³/mol. The smallest absolute Gasteiger partial charge is 0.251 e. The molecule has 0 fully saturated rings. The number of thioether (sulfide) groups is 1. The van der Waals surface area contributed by atoms with Gasteiger partial charge < -0.3 is 10.3 Å². The minimum absolute atomic E-state index is 0.304. The molecule has 3 rings (SSSR count). The Hall–Kier alpha value is -2.67. The molecule has 2 N–H and O–H groups in total. The zero-order chi connectivity index (χ0) is 19.7. The number of nitrogens with zero attached hydrogens (tertiary/aromatic N) is 2. The molecule has 0 bridgehead atoms. The Kier molecular flexibility index (Phi) is 5.32. The van der Waals surface area contributed by atoms with Crippen LogP contribution in [-0.4, -0.2) is 16.0 Å². The van der Waals surface area contributed by atoms with Gasteiger partial charge in [-0.05, 0) is 63.1 Å².